The summed E-state index contributed by atoms with van der Waals surface area (Å²) >= 11 is 1.40. The standard InChI is InChI=1S/C35H37F3N4O3S/c1-20(2)12-29-34(45)42(18-25-15-27(35(36,37)38)23(17-41(25)29)10-11-40(5)6)28(16-31(43)44)26-13-24(14-30-33(26)39-19-46-30)32-21(3)8-7-9-22(32)4/h7-9,13-15,17,19-20,28-29H,10-12,16H2,1-6H3/p+1/t28-,29-/m0/s1. The number of halogens is 3. The number of amides is 1. The van der Waals surface area contributed by atoms with Gasteiger partial charge in [-0.1, -0.05) is 32.0 Å². The predicted molar refractivity (Wildman–Crippen MR) is 174 cm³/mol. The van der Waals surface area contributed by atoms with Gasteiger partial charge >= 0.3 is 18.1 Å². The molecule has 0 saturated heterocycles. The molecular formula is C35H38F3N4O3S+. The predicted octanol–water partition coefficient (Wildman–Crippen LogP) is 7.26. The molecule has 46 heavy (non-hydrogen) atoms. The van der Waals surface area contributed by atoms with E-state index in [0.29, 0.717) is 24.0 Å². The highest BCUT2D eigenvalue weighted by molar-refractivity contribution is 7.16. The molecule has 0 radical (unpaired) electrons. The van der Waals surface area contributed by atoms with E-state index in [1.165, 1.54) is 22.1 Å². The van der Waals surface area contributed by atoms with E-state index in [2.05, 4.69) is 10.9 Å². The largest absolute Gasteiger partial charge is 0.481 e. The van der Waals surface area contributed by atoms with Crippen molar-refractivity contribution < 1.29 is 32.4 Å². The fourth-order valence-corrected chi connectivity index (χ4v) is 7.03. The molecule has 0 fully saturated rings. The minimum absolute atomic E-state index is 0.0253. The number of thiazole rings is 1. The molecule has 2 aromatic carbocycles. The zero-order valence-electron chi connectivity index (χ0n) is 26.8. The van der Waals surface area contributed by atoms with Gasteiger partial charge in [0.05, 0.1) is 21.3 Å². The third kappa shape index (κ3) is 6.72. The maximum atomic E-state index is 14.4. The molecule has 0 saturated carbocycles. The first-order chi connectivity index (χ1) is 21.6. The number of nitrogens with zero attached hydrogens (tertiary/aromatic N) is 4. The van der Waals surface area contributed by atoms with E-state index in [1.807, 2.05) is 62.9 Å². The Hall–Kier alpha value is -4.05. The van der Waals surface area contributed by atoms with Crippen LogP contribution in [-0.2, 0) is 9.59 Å². The van der Waals surface area contributed by atoms with Gasteiger partial charge in [-0.2, -0.15) is 13.2 Å². The quantitative estimate of drug-likeness (QED) is 0.233. The number of benzene rings is 2. The highest BCUT2D eigenvalue weighted by Crippen LogP contribution is 2.41. The molecule has 242 valence electrons. The number of aryl methyl sites for hydroxylation is 2. The lowest BCUT2D eigenvalue weighted by atomic mass is 9.90. The van der Waals surface area contributed by atoms with Crippen molar-refractivity contribution in [3.63, 3.8) is 0 Å². The van der Waals surface area contributed by atoms with Gasteiger partial charge in [0, 0.05) is 18.3 Å². The Morgan fingerprint density at radius 3 is 2.50 bits per heavy atom. The summed E-state index contributed by atoms with van der Waals surface area (Å²) in [6.45, 7) is 8.28. The fourth-order valence-electron chi connectivity index (χ4n) is 6.28. The smallest absolute Gasteiger partial charge is 0.419 e. The molecule has 0 unspecified atom stereocenters. The van der Waals surface area contributed by atoms with E-state index in [-0.39, 0.29) is 23.6 Å². The summed E-state index contributed by atoms with van der Waals surface area (Å²) in [5.41, 5.74) is 6.00. The maximum Gasteiger partial charge on any atom is 0.419 e. The van der Waals surface area contributed by atoms with Crippen LogP contribution in [0.5, 0.6) is 0 Å². The van der Waals surface area contributed by atoms with Gasteiger partial charge in [0.15, 0.2) is 11.7 Å². The van der Waals surface area contributed by atoms with E-state index in [0.717, 1.165) is 33.0 Å². The van der Waals surface area contributed by atoms with Gasteiger partial charge in [0.25, 0.3) is 0 Å². The highest BCUT2D eigenvalue weighted by Gasteiger charge is 2.47. The molecule has 2 aliphatic heterocycles. The fraction of sp³-hybridized carbons (Fsp3) is 0.400. The number of alkyl halides is 3. The Kier molecular flexibility index (Phi) is 9.40. The number of rotatable bonds is 10. The van der Waals surface area contributed by atoms with Gasteiger partial charge in [0.1, 0.15) is 6.42 Å². The number of aliphatic carboxylic acids is 1. The third-order valence-corrected chi connectivity index (χ3v) is 9.17. The lowest BCUT2D eigenvalue weighted by Crippen LogP contribution is -2.49. The summed E-state index contributed by atoms with van der Waals surface area (Å²) in [5, 5.41) is 10.1. The van der Waals surface area contributed by atoms with Crippen molar-refractivity contribution in [1.82, 2.24) is 14.8 Å². The highest BCUT2D eigenvalue weighted by atomic mass is 32.1. The SMILES string of the molecule is Cc1cccc(C)c1-c1cc([C@H](CC(=O)O)[N+]2=C=C3C=C(C(F)(F)F)C(CCN(C)C)=CN3[C@@H](CC(C)C)C2=O)c2ncsc2c1. The first-order valence-electron chi connectivity index (χ1n) is 15.2. The molecule has 11 heteroatoms. The van der Waals surface area contributed by atoms with Crippen LogP contribution < -0.4 is 0 Å². The van der Waals surface area contributed by atoms with Gasteiger partial charge in [-0.3, -0.25) is 4.79 Å². The van der Waals surface area contributed by atoms with Gasteiger partial charge < -0.3 is 14.9 Å². The molecule has 0 spiro atoms. The average molecular weight is 652 g/mol. The third-order valence-electron chi connectivity index (χ3n) is 8.40. The maximum absolute atomic E-state index is 14.4. The molecule has 3 heterocycles. The van der Waals surface area contributed by atoms with Crippen molar-refractivity contribution >= 4 is 39.3 Å². The molecule has 1 amide bonds. The summed E-state index contributed by atoms with van der Waals surface area (Å²) in [6, 6.07) is 7.93. The summed E-state index contributed by atoms with van der Waals surface area (Å²) in [5.74, 6) is 1.39. The molecule has 5 rings (SSSR count). The van der Waals surface area contributed by atoms with Crippen molar-refractivity contribution in [1.29, 1.82) is 0 Å². The Balaban J connectivity index is 1.77. The summed E-state index contributed by atoms with van der Waals surface area (Å²) < 4.78 is 45.3. The Morgan fingerprint density at radius 1 is 1.20 bits per heavy atom. The van der Waals surface area contributed by atoms with Crippen LogP contribution in [0, 0.1) is 19.8 Å². The van der Waals surface area contributed by atoms with E-state index in [9.17, 15) is 27.9 Å². The van der Waals surface area contributed by atoms with Crippen LogP contribution in [0.3, 0.4) is 0 Å². The Bertz CT molecular complexity index is 1810. The van der Waals surface area contributed by atoms with E-state index in [1.54, 1.807) is 24.5 Å². The minimum Gasteiger partial charge on any atom is -0.481 e. The van der Waals surface area contributed by atoms with Crippen LogP contribution in [0.2, 0.25) is 0 Å². The molecule has 0 bridgehead atoms. The molecule has 7 nitrogen and oxygen atoms in total. The van der Waals surface area contributed by atoms with Crippen molar-refractivity contribution in [2.24, 2.45) is 5.92 Å². The molecule has 3 aromatic rings. The number of hydrogen-bond donors (Lipinski definition) is 1. The first-order valence-corrected chi connectivity index (χ1v) is 16.1. The van der Waals surface area contributed by atoms with E-state index >= 15 is 0 Å². The number of carbonyl (C=O) groups is 2. The van der Waals surface area contributed by atoms with Gasteiger partial charge in [0.2, 0.25) is 11.9 Å². The van der Waals surface area contributed by atoms with E-state index in [4.69, 9.17) is 0 Å². The van der Waals surface area contributed by atoms with Gasteiger partial charge in [-0.15, -0.1) is 15.9 Å². The molecule has 1 aromatic heterocycles. The van der Waals surface area contributed by atoms with Crippen molar-refractivity contribution in [3.05, 3.63) is 81.7 Å². The van der Waals surface area contributed by atoms with Crippen LogP contribution in [0.15, 0.2) is 65.0 Å². The lowest BCUT2D eigenvalue weighted by molar-refractivity contribution is -0.493. The number of carboxylic acid groups (broad SMARTS) is 1. The molecule has 2 atom stereocenters. The molecular weight excluding hydrogens is 613 g/mol. The monoisotopic (exact) mass is 651 g/mol. The van der Waals surface area contributed by atoms with Crippen LogP contribution in [0.4, 0.5) is 13.2 Å². The number of carbonyl (C=O) groups excluding carboxylic acids is 1. The van der Waals surface area contributed by atoms with Crippen LogP contribution in [0.25, 0.3) is 21.3 Å². The van der Waals surface area contributed by atoms with Crippen LogP contribution >= 0.6 is 11.3 Å². The van der Waals surface area contributed by atoms with Gasteiger partial charge in [-0.25, -0.2) is 9.78 Å². The van der Waals surface area contributed by atoms with Crippen LogP contribution in [0.1, 0.15) is 55.8 Å². The Morgan fingerprint density at radius 2 is 1.89 bits per heavy atom. The second kappa shape index (κ2) is 13.0. The second-order valence-corrected chi connectivity index (χ2v) is 13.6. The zero-order valence-corrected chi connectivity index (χ0v) is 27.6. The number of aromatic nitrogens is 1. The number of fused-ring (bicyclic) bond motifs is 2. The number of allylic oxidation sites excluding steroid dienone is 2. The number of carboxylic acids is 1. The van der Waals surface area contributed by atoms with E-state index < -0.39 is 42.1 Å². The number of hydrogen-bond acceptors (Lipinski definition) is 6. The average Bonchev–Trinajstić information content (AvgIpc) is 3.43. The first kappa shape index (κ1) is 33.3. The van der Waals surface area contributed by atoms with Gasteiger partial charge in [-0.05, 0) is 92.7 Å². The second-order valence-electron chi connectivity index (χ2n) is 12.7. The molecule has 1 N–H and O–H groups in total. The summed E-state index contributed by atoms with van der Waals surface area (Å²) in [4.78, 5) is 34.8. The Labute approximate surface area is 270 Å². The lowest BCUT2D eigenvalue weighted by Gasteiger charge is -2.35. The minimum atomic E-state index is -4.63. The van der Waals surface area contributed by atoms with Crippen molar-refractivity contribution in [2.75, 3.05) is 20.6 Å². The zero-order chi connectivity index (χ0) is 33.5. The topological polar surface area (TPSA) is 76.8 Å². The van der Waals surface area contributed by atoms with Crippen molar-refractivity contribution in [2.45, 2.75) is 65.2 Å². The molecule has 0 aliphatic carbocycles. The van der Waals surface area contributed by atoms with Crippen molar-refractivity contribution in [3.8, 4) is 11.1 Å². The molecule has 2 aliphatic rings. The summed E-state index contributed by atoms with van der Waals surface area (Å²) in [7, 11) is 3.58. The normalized spacial score (nSPS) is 17.6. The summed E-state index contributed by atoms with van der Waals surface area (Å²) in [6.07, 6.45) is -2.15. The van der Waals surface area contributed by atoms with Crippen LogP contribution in [-0.4, -0.2) is 75.1 Å².